The van der Waals surface area contributed by atoms with Gasteiger partial charge in [0.25, 0.3) is 11.6 Å². The number of carbonyl (C=O) groups is 1. The van der Waals surface area contributed by atoms with Crippen molar-refractivity contribution < 1.29 is 14.5 Å². The van der Waals surface area contributed by atoms with Crippen LogP contribution < -0.4 is 15.4 Å². The molecule has 0 fully saturated rings. The number of hydrogen-bond acceptors (Lipinski definition) is 8. The van der Waals surface area contributed by atoms with E-state index in [2.05, 4.69) is 15.6 Å². The van der Waals surface area contributed by atoms with Gasteiger partial charge in [0.1, 0.15) is 17.4 Å². The molecule has 24 heavy (non-hydrogen) atoms. The molecule has 2 rings (SSSR count). The minimum Gasteiger partial charge on any atom is -0.494 e. The lowest BCUT2D eigenvalue weighted by Gasteiger charge is -2.09. The molecule has 0 spiro atoms. The van der Waals surface area contributed by atoms with E-state index in [1.54, 1.807) is 6.07 Å². The maximum absolute atomic E-state index is 12.2. The number of nitriles is 1. The summed E-state index contributed by atoms with van der Waals surface area (Å²) in [7, 11) is 1.33. The second kappa shape index (κ2) is 7.98. The molecular weight excluding hydrogens is 334 g/mol. The topological polar surface area (TPSA) is 130 Å². The number of nitrogens with one attached hydrogen (secondary N) is 2. The Balaban J connectivity index is 2.13. The summed E-state index contributed by atoms with van der Waals surface area (Å²) in [6, 6.07) is 5.55. The van der Waals surface area contributed by atoms with Crippen molar-refractivity contribution in [3.8, 4) is 11.8 Å². The van der Waals surface area contributed by atoms with Crippen LogP contribution in [-0.2, 0) is 4.79 Å². The van der Waals surface area contributed by atoms with E-state index in [0.29, 0.717) is 11.7 Å². The Morgan fingerprint density at radius 3 is 2.96 bits per heavy atom. The first-order chi connectivity index (χ1) is 11.5. The molecule has 9 nitrogen and oxygen atoms in total. The zero-order valence-electron chi connectivity index (χ0n) is 12.6. The first kappa shape index (κ1) is 17.3. The first-order valence-electron chi connectivity index (χ1n) is 6.73. The van der Waals surface area contributed by atoms with Crippen LogP contribution in [0.5, 0.6) is 5.75 Å². The molecule has 1 heterocycles. The highest BCUT2D eigenvalue weighted by Gasteiger charge is 2.16. The van der Waals surface area contributed by atoms with Gasteiger partial charge in [-0.3, -0.25) is 19.9 Å². The molecule has 0 atom stereocenters. The van der Waals surface area contributed by atoms with E-state index in [4.69, 9.17) is 10.00 Å². The predicted octanol–water partition coefficient (Wildman–Crippen LogP) is 1.64. The van der Waals surface area contributed by atoms with E-state index in [0.717, 1.165) is 5.75 Å². The van der Waals surface area contributed by atoms with Gasteiger partial charge in [-0.1, -0.05) is 11.8 Å². The fourth-order valence-electron chi connectivity index (χ4n) is 1.79. The van der Waals surface area contributed by atoms with Gasteiger partial charge in [-0.25, -0.2) is 0 Å². The lowest BCUT2D eigenvalue weighted by Crippen LogP contribution is -2.19. The van der Waals surface area contributed by atoms with Crippen molar-refractivity contribution in [3.63, 3.8) is 0 Å². The molecule has 0 aromatic heterocycles. The lowest BCUT2D eigenvalue weighted by atomic mass is 10.2. The van der Waals surface area contributed by atoms with E-state index in [9.17, 15) is 14.9 Å². The summed E-state index contributed by atoms with van der Waals surface area (Å²) in [5.41, 5.74) is -0.105. The lowest BCUT2D eigenvalue weighted by molar-refractivity contribution is -0.384. The summed E-state index contributed by atoms with van der Waals surface area (Å²) in [5.74, 6) is 0.309. The summed E-state index contributed by atoms with van der Waals surface area (Å²) in [6.45, 7) is 0.689. The van der Waals surface area contributed by atoms with Crippen molar-refractivity contribution in [1.82, 2.24) is 5.32 Å². The Hall–Kier alpha value is -3.06. The molecule has 0 bridgehead atoms. The van der Waals surface area contributed by atoms with Crippen LogP contribution in [0.4, 0.5) is 11.4 Å². The zero-order valence-corrected chi connectivity index (χ0v) is 13.4. The fourth-order valence-corrected chi connectivity index (χ4v) is 2.49. The Morgan fingerprint density at radius 2 is 2.38 bits per heavy atom. The molecule has 0 aliphatic carbocycles. The van der Waals surface area contributed by atoms with Crippen LogP contribution in [0.2, 0.25) is 0 Å². The van der Waals surface area contributed by atoms with Crippen LogP contribution in [0.25, 0.3) is 0 Å². The number of benzene rings is 1. The predicted molar refractivity (Wildman–Crippen MR) is 89.9 cm³/mol. The van der Waals surface area contributed by atoms with E-state index >= 15 is 0 Å². The molecule has 1 aromatic carbocycles. The molecule has 0 unspecified atom stereocenters. The maximum atomic E-state index is 12.2. The van der Waals surface area contributed by atoms with Crippen molar-refractivity contribution in [2.75, 3.05) is 24.7 Å². The van der Waals surface area contributed by atoms with Crippen LogP contribution in [0.15, 0.2) is 35.0 Å². The van der Waals surface area contributed by atoms with Gasteiger partial charge >= 0.3 is 0 Å². The normalized spacial score (nSPS) is 13.7. The number of methoxy groups -OCH3 is 1. The standard InChI is InChI=1S/C14H13N5O4S/c1-23-12-6-10(19(21)22)2-3-11(12)18-13(20)9(7-15)8-17-14-16-4-5-24-14/h2-3,6,8H,4-5H2,1H3,(H,16,17)(H,18,20)/b9-8-. The number of non-ortho nitro benzene ring substituents is 1. The maximum Gasteiger partial charge on any atom is 0.273 e. The molecule has 0 saturated heterocycles. The SMILES string of the molecule is COc1cc([N+](=O)[O-])ccc1NC(=O)/C(C#N)=C\NC1=NCCS1. The summed E-state index contributed by atoms with van der Waals surface area (Å²) in [5, 5.41) is 25.8. The third kappa shape index (κ3) is 4.23. The number of amides is 1. The summed E-state index contributed by atoms with van der Waals surface area (Å²) < 4.78 is 5.03. The van der Waals surface area contributed by atoms with Gasteiger partial charge in [0.15, 0.2) is 5.17 Å². The Kier molecular flexibility index (Phi) is 5.75. The number of nitro benzene ring substituents is 1. The molecule has 0 saturated carbocycles. The molecule has 1 aliphatic heterocycles. The number of amidine groups is 1. The molecule has 1 aromatic rings. The molecule has 0 radical (unpaired) electrons. The van der Waals surface area contributed by atoms with E-state index in [1.807, 2.05) is 0 Å². The van der Waals surface area contributed by atoms with Crippen LogP contribution >= 0.6 is 11.8 Å². The third-order valence-electron chi connectivity index (χ3n) is 2.93. The molecule has 1 aliphatic rings. The van der Waals surface area contributed by atoms with Crippen LogP contribution in [0.1, 0.15) is 0 Å². The van der Waals surface area contributed by atoms with E-state index in [1.165, 1.54) is 43.3 Å². The second-order valence-corrected chi connectivity index (χ2v) is 5.53. The van der Waals surface area contributed by atoms with Crippen molar-refractivity contribution in [1.29, 1.82) is 5.26 Å². The molecule has 1 amide bonds. The van der Waals surface area contributed by atoms with Gasteiger partial charge in [0.05, 0.1) is 30.3 Å². The molecular formula is C14H13N5O4S. The number of nitro groups is 1. The minimum absolute atomic E-state index is 0.124. The van der Waals surface area contributed by atoms with Gasteiger partial charge in [0.2, 0.25) is 0 Å². The number of ether oxygens (including phenoxy) is 1. The van der Waals surface area contributed by atoms with Crippen LogP contribution in [0.3, 0.4) is 0 Å². The number of anilines is 1. The number of hydrogen-bond donors (Lipinski definition) is 2. The van der Waals surface area contributed by atoms with E-state index < -0.39 is 10.8 Å². The number of nitrogens with zero attached hydrogens (tertiary/aromatic N) is 3. The summed E-state index contributed by atoms with van der Waals surface area (Å²) >= 11 is 1.49. The van der Waals surface area contributed by atoms with Gasteiger partial charge < -0.3 is 15.4 Å². The van der Waals surface area contributed by atoms with Crippen molar-refractivity contribution in [2.45, 2.75) is 0 Å². The Morgan fingerprint density at radius 1 is 1.58 bits per heavy atom. The van der Waals surface area contributed by atoms with Gasteiger partial charge in [0, 0.05) is 18.0 Å². The van der Waals surface area contributed by atoms with Crippen LogP contribution in [0, 0.1) is 21.4 Å². The Labute approximate surface area is 141 Å². The first-order valence-corrected chi connectivity index (χ1v) is 7.71. The zero-order chi connectivity index (χ0) is 17.5. The van der Waals surface area contributed by atoms with Gasteiger partial charge in [-0.05, 0) is 6.07 Å². The third-order valence-corrected chi connectivity index (χ3v) is 3.84. The largest absolute Gasteiger partial charge is 0.494 e. The van der Waals surface area contributed by atoms with Gasteiger partial charge in [-0.2, -0.15) is 5.26 Å². The number of rotatable bonds is 5. The molecule has 2 N–H and O–H groups in total. The quantitative estimate of drug-likeness (QED) is 0.358. The molecule has 124 valence electrons. The number of carbonyl (C=O) groups excluding carboxylic acids is 1. The summed E-state index contributed by atoms with van der Waals surface area (Å²) in [6.07, 6.45) is 1.27. The highest BCUT2D eigenvalue weighted by molar-refractivity contribution is 8.14. The van der Waals surface area contributed by atoms with Crippen molar-refractivity contribution >= 4 is 34.2 Å². The van der Waals surface area contributed by atoms with Gasteiger partial charge in [-0.15, -0.1) is 0 Å². The smallest absolute Gasteiger partial charge is 0.273 e. The highest BCUT2D eigenvalue weighted by Crippen LogP contribution is 2.29. The summed E-state index contributed by atoms with van der Waals surface area (Å²) in [4.78, 5) is 26.5. The molecule has 10 heteroatoms. The van der Waals surface area contributed by atoms with Crippen LogP contribution in [-0.4, -0.2) is 35.4 Å². The average molecular weight is 347 g/mol. The Bertz CT molecular complexity index is 769. The highest BCUT2D eigenvalue weighted by atomic mass is 32.2. The fraction of sp³-hybridized carbons (Fsp3) is 0.214. The second-order valence-electron chi connectivity index (χ2n) is 4.45. The number of thioether (sulfide) groups is 1. The number of aliphatic imine (C=N–C) groups is 1. The average Bonchev–Trinajstić information content (AvgIpc) is 3.09. The minimum atomic E-state index is -0.666. The van der Waals surface area contributed by atoms with Crippen molar-refractivity contribution in [3.05, 3.63) is 40.1 Å². The van der Waals surface area contributed by atoms with E-state index in [-0.39, 0.29) is 22.7 Å². The van der Waals surface area contributed by atoms with Crippen molar-refractivity contribution in [2.24, 2.45) is 4.99 Å². The monoisotopic (exact) mass is 347 g/mol.